The summed E-state index contributed by atoms with van der Waals surface area (Å²) in [5.41, 5.74) is 0. The quantitative estimate of drug-likeness (QED) is 0.876. The average Bonchev–Trinajstić information content (AvgIpc) is 2.91. The lowest BCUT2D eigenvalue weighted by atomic mass is 10.4. The molecule has 2 nitrogen and oxygen atoms in total. The highest BCUT2D eigenvalue weighted by Gasteiger charge is 2.32. The molecule has 0 bridgehead atoms. The molecular formula is C14H15NOS. The molecule has 1 aliphatic heterocycles. The summed E-state index contributed by atoms with van der Waals surface area (Å²) in [6.45, 7) is 1.69. The second-order valence-electron chi connectivity index (χ2n) is 3.90. The lowest BCUT2D eigenvalue weighted by Gasteiger charge is -2.35. The Kier molecular flexibility index (Phi) is 2.89. The molecule has 1 fully saturated rings. The van der Waals surface area contributed by atoms with Crippen LogP contribution in [0.25, 0.3) is 0 Å². The molecule has 88 valence electrons. The third-order valence-electron chi connectivity index (χ3n) is 2.82. The van der Waals surface area contributed by atoms with Gasteiger partial charge in [0.25, 0.3) is 0 Å². The Hall–Kier alpha value is -1.29. The van der Waals surface area contributed by atoms with E-state index in [1.807, 2.05) is 12.1 Å². The maximum atomic E-state index is 6.08. The Morgan fingerprint density at radius 2 is 1.35 bits per heavy atom. The predicted octanol–water partition coefficient (Wildman–Crippen LogP) is 3.36. The molecule has 2 aromatic rings. The predicted molar refractivity (Wildman–Crippen MR) is 71.0 cm³/mol. The first-order valence-electron chi connectivity index (χ1n) is 5.74. The molecule has 1 saturated heterocycles. The summed E-state index contributed by atoms with van der Waals surface area (Å²) >= 11 is 0. The third kappa shape index (κ3) is 1.86. The van der Waals surface area contributed by atoms with Gasteiger partial charge in [0, 0.05) is 16.3 Å². The fourth-order valence-electron chi connectivity index (χ4n) is 2.06. The highest BCUT2D eigenvalue weighted by molar-refractivity contribution is 8.28. The Morgan fingerprint density at radius 3 is 1.76 bits per heavy atom. The second-order valence-corrected chi connectivity index (χ2v) is 6.48. The molecule has 0 aromatic heterocycles. The van der Waals surface area contributed by atoms with E-state index in [0.29, 0.717) is 0 Å². The van der Waals surface area contributed by atoms with Crippen molar-refractivity contribution in [3.8, 4) is 0 Å². The first-order chi connectivity index (χ1) is 8.42. The Balaban J connectivity index is 2.11. The number of hydrogen-bond donors (Lipinski definition) is 1. The molecule has 3 rings (SSSR count). The van der Waals surface area contributed by atoms with E-state index in [9.17, 15) is 0 Å². The van der Waals surface area contributed by atoms with E-state index in [1.165, 1.54) is 9.79 Å². The van der Waals surface area contributed by atoms with Gasteiger partial charge in [0.05, 0.1) is 6.61 Å². The maximum absolute atomic E-state index is 6.08. The van der Waals surface area contributed by atoms with Crippen molar-refractivity contribution in [2.24, 2.45) is 0 Å². The second kappa shape index (κ2) is 4.53. The van der Waals surface area contributed by atoms with Gasteiger partial charge in [0.15, 0.2) is 0 Å². The molecule has 0 saturated carbocycles. The van der Waals surface area contributed by atoms with Crippen molar-refractivity contribution in [1.82, 2.24) is 4.72 Å². The van der Waals surface area contributed by atoms with Gasteiger partial charge in [-0.15, -0.1) is 0 Å². The molecule has 0 radical (unpaired) electrons. The Morgan fingerprint density at radius 1 is 0.824 bits per heavy atom. The van der Waals surface area contributed by atoms with Crippen LogP contribution in [0.1, 0.15) is 0 Å². The smallest absolute Gasteiger partial charge is 0.0750 e. The Bertz CT molecular complexity index is 439. The lowest BCUT2D eigenvalue weighted by molar-refractivity contribution is 0.400. The van der Waals surface area contributed by atoms with E-state index in [2.05, 4.69) is 53.3 Å². The molecule has 3 heteroatoms. The monoisotopic (exact) mass is 245 g/mol. The zero-order valence-electron chi connectivity index (χ0n) is 9.50. The zero-order chi connectivity index (χ0) is 11.6. The van der Waals surface area contributed by atoms with Crippen LogP contribution in [-0.4, -0.2) is 13.2 Å². The number of rotatable bonds is 2. The van der Waals surface area contributed by atoms with E-state index in [0.717, 1.165) is 13.2 Å². The lowest BCUT2D eigenvalue weighted by Crippen LogP contribution is -2.14. The van der Waals surface area contributed by atoms with Crippen LogP contribution in [0.3, 0.4) is 0 Å². The van der Waals surface area contributed by atoms with Crippen molar-refractivity contribution in [1.29, 1.82) is 0 Å². The van der Waals surface area contributed by atoms with Crippen LogP contribution < -0.4 is 4.72 Å². The van der Waals surface area contributed by atoms with Crippen molar-refractivity contribution in [3.05, 3.63) is 60.7 Å². The van der Waals surface area contributed by atoms with Crippen LogP contribution in [0.2, 0.25) is 0 Å². The van der Waals surface area contributed by atoms with Gasteiger partial charge in [-0.3, -0.25) is 4.72 Å². The van der Waals surface area contributed by atoms with Crippen molar-refractivity contribution >= 4 is 10.5 Å². The average molecular weight is 245 g/mol. The van der Waals surface area contributed by atoms with E-state index in [-0.39, 0.29) is 0 Å². The van der Waals surface area contributed by atoms with Crippen molar-refractivity contribution in [2.75, 3.05) is 13.2 Å². The van der Waals surface area contributed by atoms with E-state index in [4.69, 9.17) is 4.18 Å². The molecule has 2 aromatic carbocycles. The summed E-state index contributed by atoms with van der Waals surface area (Å²) in [5, 5.41) is 0. The van der Waals surface area contributed by atoms with Crippen molar-refractivity contribution < 1.29 is 4.18 Å². The van der Waals surface area contributed by atoms with E-state index < -0.39 is 10.5 Å². The first-order valence-corrected chi connectivity index (χ1v) is 7.30. The zero-order valence-corrected chi connectivity index (χ0v) is 10.3. The van der Waals surface area contributed by atoms with Gasteiger partial charge < -0.3 is 4.18 Å². The molecule has 1 N–H and O–H groups in total. The summed E-state index contributed by atoms with van der Waals surface area (Å²) in [7, 11) is -1.47. The largest absolute Gasteiger partial charge is 0.313 e. The van der Waals surface area contributed by atoms with Crippen LogP contribution in [0.5, 0.6) is 0 Å². The molecule has 0 spiro atoms. The number of benzene rings is 2. The van der Waals surface area contributed by atoms with E-state index >= 15 is 0 Å². The fourth-order valence-corrected chi connectivity index (χ4v) is 4.80. The normalized spacial score (nSPS) is 20.0. The van der Waals surface area contributed by atoms with Crippen molar-refractivity contribution in [3.63, 3.8) is 0 Å². The van der Waals surface area contributed by atoms with Gasteiger partial charge in [-0.1, -0.05) is 36.4 Å². The molecule has 1 heterocycles. The number of nitrogens with one attached hydrogen (secondary N) is 1. The highest BCUT2D eigenvalue weighted by Crippen LogP contribution is 2.61. The third-order valence-corrected chi connectivity index (χ3v) is 5.82. The van der Waals surface area contributed by atoms with Crippen LogP contribution >= 0.6 is 10.5 Å². The van der Waals surface area contributed by atoms with Crippen LogP contribution in [0.4, 0.5) is 0 Å². The Labute approximate surface area is 103 Å². The van der Waals surface area contributed by atoms with Gasteiger partial charge in [0.2, 0.25) is 0 Å². The minimum atomic E-state index is -1.47. The van der Waals surface area contributed by atoms with E-state index in [1.54, 1.807) is 0 Å². The number of hydrogen-bond acceptors (Lipinski definition) is 2. The molecule has 17 heavy (non-hydrogen) atoms. The highest BCUT2D eigenvalue weighted by atomic mass is 32.3. The van der Waals surface area contributed by atoms with Crippen LogP contribution in [-0.2, 0) is 4.18 Å². The molecule has 0 aliphatic carbocycles. The summed E-state index contributed by atoms with van der Waals surface area (Å²) in [4.78, 5) is 2.48. The minimum Gasteiger partial charge on any atom is -0.313 e. The topological polar surface area (TPSA) is 21.3 Å². The molecule has 0 unspecified atom stereocenters. The minimum absolute atomic E-state index is 0.777. The van der Waals surface area contributed by atoms with Crippen LogP contribution in [0, 0.1) is 0 Å². The summed E-state index contributed by atoms with van der Waals surface area (Å²) in [5.74, 6) is 0. The fraction of sp³-hybridized carbons (Fsp3) is 0.143. The van der Waals surface area contributed by atoms with Gasteiger partial charge in [-0.25, -0.2) is 0 Å². The SMILES string of the molecule is c1ccc(S2(c3ccccc3)NCCO2)cc1. The molecule has 1 aliphatic rings. The maximum Gasteiger partial charge on any atom is 0.0750 e. The summed E-state index contributed by atoms with van der Waals surface area (Å²) < 4.78 is 9.65. The van der Waals surface area contributed by atoms with Crippen molar-refractivity contribution in [2.45, 2.75) is 9.79 Å². The van der Waals surface area contributed by atoms with Gasteiger partial charge in [-0.05, 0) is 34.8 Å². The standard InChI is InChI=1S/C14H15NOS/c1-3-7-13(8-4-1)17(15-11-12-16-17)14-9-5-2-6-10-14/h1-10,15H,11-12H2. The van der Waals surface area contributed by atoms with Gasteiger partial charge in [0.1, 0.15) is 0 Å². The summed E-state index contributed by atoms with van der Waals surface area (Å²) in [6.07, 6.45) is 0. The van der Waals surface area contributed by atoms with Gasteiger partial charge in [-0.2, -0.15) is 0 Å². The van der Waals surface area contributed by atoms with Gasteiger partial charge >= 0.3 is 0 Å². The molecular weight excluding hydrogens is 230 g/mol. The molecule has 0 amide bonds. The molecule has 0 atom stereocenters. The summed E-state index contributed by atoms with van der Waals surface area (Å²) in [6, 6.07) is 20.9. The first kappa shape index (κ1) is 10.8. The van der Waals surface area contributed by atoms with Crippen LogP contribution in [0.15, 0.2) is 70.5 Å².